The van der Waals surface area contributed by atoms with E-state index in [1.54, 1.807) is 6.92 Å². The smallest absolute Gasteiger partial charge is 0.330 e. The maximum Gasteiger partial charge on any atom is 0.330 e. The van der Waals surface area contributed by atoms with E-state index in [4.69, 9.17) is 4.74 Å². The summed E-state index contributed by atoms with van der Waals surface area (Å²) in [5.41, 5.74) is 2.68. The molecule has 2 N–H and O–H groups in total. The Bertz CT molecular complexity index is 1050. The number of aliphatic hydroxyl groups is 1. The van der Waals surface area contributed by atoms with E-state index >= 15 is 0 Å². The van der Waals surface area contributed by atoms with Crippen molar-refractivity contribution in [3.05, 3.63) is 34.9 Å². The van der Waals surface area contributed by atoms with Crippen LogP contribution in [0, 0.1) is 39.4 Å². The summed E-state index contributed by atoms with van der Waals surface area (Å²) in [6, 6.07) is 0. The summed E-state index contributed by atoms with van der Waals surface area (Å²) < 4.78 is 6.14. The van der Waals surface area contributed by atoms with Crippen LogP contribution in [0.15, 0.2) is 34.9 Å². The zero-order valence-corrected chi connectivity index (χ0v) is 24.2. The van der Waals surface area contributed by atoms with Gasteiger partial charge in [-0.15, -0.1) is 0 Å². The lowest BCUT2D eigenvalue weighted by Crippen LogP contribution is -2.56. The monoisotopic (exact) mass is 512 g/mol. The summed E-state index contributed by atoms with van der Waals surface area (Å²) >= 11 is 0. The van der Waals surface area contributed by atoms with Crippen molar-refractivity contribution in [2.45, 2.75) is 113 Å². The number of hydrogen-bond acceptors (Lipinski definition) is 4. The van der Waals surface area contributed by atoms with Gasteiger partial charge in [0.2, 0.25) is 0 Å². The van der Waals surface area contributed by atoms with Crippen LogP contribution in [0.3, 0.4) is 0 Å². The standard InChI is InChI=1S/C32H48O5/c1-19(10-9-11-20(2)28(35)36)24-18-27(37-21(3)33)32(8)23-12-13-25-29(4,5)26(34)15-16-30(25,6)22(23)14-17-31(24,32)7/h11-12,14,19,24-27,34H,9-10,13,15-18H2,1-8H3,(H,35,36)/b20-11+. The van der Waals surface area contributed by atoms with Crippen LogP contribution in [0.2, 0.25) is 0 Å². The highest BCUT2D eigenvalue weighted by molar-refractivity contribution is 5.85. The maximum absolute atomic E-state index is 12.3. The number of carbonyl (C=O) groups excluding carboxylic acids is 1. The molecule has 8 atom stereocenters. The minimum Gasteiger partial charge on any atom is -0.478 e. The predicted molar refractivity (Wildman–Crippen MR) is 146 cm³/mol. The van der Waals surface area contributed by atoms with Crippen molar-refractivity contribution in [1.29, 1.82) is 0 Å². The van der Waals surface area contributed by atoms with E-state index in [1.165, 1.54) is 18.1 Å². The zero-order chi connectivity index (χ0) is 27.6. The van der Waals surface area contributed by atoms with Crippen LogP contribution in [0.25, 0.3) is 0 Å². The van der Waals surface area contributed by atoms with Gasteiger partial charge < -0.3 is 14.9 Å². The number of aliphatic carboxylic acids is 1. The Hall–Kier alpha value is -1.88. The Labute approximate surface area is 223 Å². The second kappa shape index (κ2) is 9.39. The SMILES string of the molecule is CC(=O)OC1CC(C(C)CC/C=C(\C)C(=O)O)C2(C)CC=C3C(=CCC4C3(C)CCC(O)C4(C)C)C12C. The zero-order valence-electron chi connectivity index (χ0n) is 24.2. The highest BCUT2D eigenvalue weighted by Crippen LogP contribution is 2.72. The maximum atomic E-state index is 12.3. The lowest BCUT2D eigenvalue weighted by molar-refractivity contribution is -0.152. The fraction of sp³-hybridized carbons (Fsp3) is 0.750. The average molecular weight is 513 g/mol. The molecule has 0 aromatic heterocycles. The first-order valence-electron chi connectivity index (χ1n) is 14.3. The first kappa shape index (κ1) is 28.1. The van der Waals surface area contributed by atoms with Crippen LogP contribution in [-0.2, 0) is 14.3 Å². The number of carboxylic acids is 1. The molecule has 0 aromatic rings. The Kier molecular flexibility index (Phi) is 7.14. The summed E-state index contributed by atoms with van der Waals surface area (Å²) in [7, 11) is 0. The molecule has 4 rings (SSSR count). The number of carboxylic acid groups (broad SMARTS) is 1. The lowest BCUT2D eigenvalue weighted by atomic mass is 9.44. The van der Waals surface area contributed by atoms with E-state index in [1.807, 2.05) is 6.08 Å². The minimum absolute atomic E-state index is 0.000777. The molecular formula is C32H48O5. The first-order chi connectivity index (χ1) is 17.1. The van der Waals surface area contributed by atoms with Crippen LogP contribution >= 0.6 is 0 Å². The van der Waals surface area contributed by atoms with Gasteiger partial charge in [-0.25, -0.2) is 4.79 Å². The van der Waals surface area contributed by atoms with Crippen molar-refractivity contribution >= 4 is 11.9 Å². The van der Waals surface area contributed by atoms with Crippen LogP contribution in [0.4, 0.5) is 0 Å². The van der Waals surface area contributed by atoms with Crippen LogP contribution in [-0.4, -0.2) is 34.4 Å². The van der Waals surface area contributed by atoms with Gasteiger partial charge >= 0.3 is 11.9 Å². The molecule has 0 spiro atoms. The number of allylic oxidation sites excluding steroid dienone is 4. The summed E-state index contributed by atoms with van der Waals surface area (Å²) in [5, 5.41) is 20.1. The largest absolute Gasteiger partial charge is 0.478 e. The van der Waals surface area contributed by atoms with Crippen molar-refractivity contribution in [2.75, 3.05) is 0 Å². The molecule has 0 saturated heterocycles. The van der Waals surface area contributed by atoms with Gasteiger partial charge in [0.05, 0.1) is 6.10 Å². The third kappa shape index (κ3) is 4.15. The molecule has 206 valence electrons. The molecule has 4 aliphatic carbocycles. The van der Waals surface area contributed by atoms with Crippen LogP contribution < -0.4 is 0 Å². The van der Waals surface area contributed by atoms with Crippen molar-refractivity contribution in [3.63, 3.8) is 0 Å². The van der Waals surface area contributed by atoms with Gasteiger partial charge in [0.1, 0.15) is 6.10 Å². The summed E-state index contributed by atoms with van der Waals surface area (Å²) in [6.07, 6.45) is 12.4. The van der Waals surface area contributed by atoms with Gasteiger partial charge in [-0.1, -0.05) is 59.8 Å². The van der Waals surface area contributed by atoms with Gasteiger partial charge in [-0.3, -0.25) is 4.79 Å². The Morgan fingerprint density at radius 2 is 1.81 bits per heavy atom. The predicted octanol–water partition coefficient (Wildman–Crippen LogP) is 6.86. The number of ether oxygens (including phenoxy) is 1. The van der Waals surface area contributed by atoms with E-state index < -0.39 is 5.97 Å². The van der Waals surface area contributed by atoms with E-state index in [0.717, 1.165) is 44.9 Å². The molecular weight excluding hydrogens is 464 g/mol. The fourth-order valence-electron chi connectivity index (χ4n) is 9.13. The number of fused-ring (bicyclic) bond motifs is 5. The van der Waals surface area contributed by atoms with Crippen molar-refractivity contribution < 1.29 is 24.5 Å². The number of rotatable bonds is 6. The Morgan fingerprint density at radius 1 is 1.14 bits per heavy atom. The van der Waals surface area contributed by atoms with Gasteiger partial charge in [0.15, 0.2) is 0 Å². The van der Waals surface area contributed by atoms with E-state index in [9.17, 15) is 19.8 Å². The molecule has 5 heteroatoms. The Morgan fingerprint density at radius 3 is 2.43 bits per heavy atom. The molecule has 5 nitrogen and oxygen atoms in total. The van der Waals surface area contributed by atoms with Crippen molar-refractivity contribution in [2.24, 2.45) is 39.4 Å². The first-order valence-corrected chi connectivity index (χ1v) is 14.3. The summed E-state index contributed by atoms with van der Waals surface area (Å²) in [6.45, 7) is 17.1. The molecule has 0 bridgehead atoms. The molecule has 4 aliphatic rings. The van der Waals surface area contributed by atoms with Gasteiger partial charge in [0.25, 0.3) is 0 Å². The summed E-state index contributed by atoms with van der Waals surface area (Å²) in [4.78, 5) is 23.6. The van der Waals surface area contributed by atoms with Crippen LogP contribution in [0.1, 0.15) is 100 Å². The number of aliphatic hydroxyl groups excluding tert-OH is 1. The van der Waals surface area contributed by atoms with Crippen molar-refractivity contribution in [3.8, 4) is 0 Å². The Balaban J connectivity index is 1.73. The van der Waals surface area contributed by atoms with Gasteiger partial charge in [-0.05, 0) is 97.0 Å². The fourth-order valence-corrected chi connectivity index (χ4v) is 9.13. The molecule has 8 unspecified atom stereocenters. The molecule has 2 saturated carbocycles. The minimum atomic E-state index is -0.859. The van der Waals surface area contributed by atoms with Crippen LogP contribution in [0.5, 0.6) is 0 Å². The topological polar surface area (TPSA) is 83.8 Å². The highest BCUT2D eigenvalue weighted by atomic mass is 16.5. The summed E-state index contributed by atoms with van der Waals surface area (Å²) in [5.74, 6) is 0.0188. The highest BCUT2D eigenvalue weighted by Gasteiger charge is 2.67. The molecule has 0 heterocycles. The molecule has 0 radical (unpaired) electrons. The normalized spacial score (nSPS) is 41.5. The average Bonchev–Trinajstić information content (AvgIpc) is 3.03. The van der Waals surface area contributed by atoms with Gasteiger partial charge in [0, 0.05) is 17.9 Å². The van der Waals surface area contributed by atoms with E-state index in [-0.39, 0.29) is 39.8 Å². The lowest BCUT2D eigenvalue weighted by Gasteiger charge is -2.61. The molecule has 2 fully saturated rings. The number of hydrogen-bond donors (Lipinski definition) is 2. The third-order valence-electron chi connectivity index (χ3n) is 11.7. The van der Waals surface area contributed by atoms with E-state index in [0.29, 0.717) is 23.3 Å². The third-order valence-corrected chi connectivity index (χ3v) is 11.7. The number of esters is 1. The van der Waals surface area contributed by atoms with E-state index in [2.05, 4.69) is 53.7 Å². The number of carbonyl (C=O) groups is 2. The molecule has 37 heavy (non-hydrogen) atoms. The van der Waals surface area contributed by atoms with Gasteiger partial charge in [-0.2, -0.15) is 0 Å². The molecule has 0 amide bonds. The molecule has 0 aromatic carbocycles. The molecule has 0 aliphatic heterocycles. The van der Waals surface area contributed by atoms with Crippen molar-refractivity contribution in [1.82, 2.24) is 0 Å². The quantitative estimate of drug-likeness (QED) is 0.300. The second-order valence-electron chi connectivity index (χ2n) is 13.8. The second-order valence-corrected chi connectivity index (χ2v) is 13.8.